The van der Waals surface area contributed by atoms with Crippen LogP contribution < -0.4 is 14.8 Å². The van der Waals surface area contributed by atoms with Gasteiger partial charge < -0.3 is 19.7 Å². The van der Waals surface area contributed by atoms with Crippen molar-refractivity contribution in [2.75, 3.05) is 34.4 Å². The van der Waals surface area contributed by atoms with Crippen molar-refractivity contribution in [3.63, 3.8) is 0 Å². The second-order valence-electron chi connectivity index (χ2n) is 7.72. The number of guanidine groups is 1. The Kier molecular flexibility index (Phi) is 9.02. The number of aromatic nitrogens is 2. The van der Waals surface area contributed by atoms with Crippen molar-refractivity contribution in [1.82, 2.24) is 20.0 Å². The summed E-state index contributed by atoms with van der Waals surface area (Å²) in [7, 11) is 7.52. The number of rotatable bonds is 10. The molecule has 1 N–H and O–H groups in total. The summed E-state index contributed by atoms with van der Waals surface area (Å²) in [5.74, 6) is 2.87. The summed E-state index contributed by atoms with van der Waals surface area (Å²) in [5.41, 5.74) is 3.62. The first-order valence-corrected chi connectivity index (χ1v) is 10.6. The number of nitrogens with one attached hydrogen (secondary N) is 1. The van der Waals surface area contributed by atoms with Gasteiger partial charge >= 0.3 is 0 Å². The fourth-order valence-electron chi connectivity index (χ4n) is 3.52. The van der Waals surface area contributed by atoms with Gasteiger partial charge in [-0.25, -0.2) is 0 Å². The summed E-state index contributed by atoms with van der Waals surface area (Å²) >= 11 is 0. The van der Waals surface area contributed by atoms with Gasteiger partial charge in [0.25, 0.3) is 0 Å². The molecule has 0 aliphatic carbocycles. The zero-order chi connectivity index (χ0) is 22.1. The Morgan fingerprint density at radius 1 is 1.30 bits per heavy atom. The van der Waals surface area contributed by atoms with Crippen LogP contribution in [0.4, 0.5) is 0 Å². The molecule has 0 aliphatic heterocycles. The average molecular weight is 416 g/mol. The summed E-state index contributed by atoms with van der Waals surface area (Å²) in [6.07, 6.45) is 4.05. The Hall–Kier alpha value is -2.70. The minimum Gasteiger partial charge on any atom is -0.493 e. The molecule has 0 unspecified atom stereocenters. The zero-order valence-electron chi connectivity index (χ0n) is 19.5. The van der Waals surface area contributed by atoms with Gasteiger partial charge in [-0.05, 0) is 43.4 Å². The molecule has 2 rings (SSSR count). The highest BCUT2D eigenvalue weighted by molar-refractivity contribution is 5.79. The van der Waals surface area contributed by atoms with Crippen LogP contribution in [-0.4, -0.2) is 55.0 Å². The van der Waals surface area contributed by atoms with Gasteiger partial charge in [-0.1, -0.05) is 19.9 Å². The molecule has 0 fully saturated rings. The first-order valence-electron chi connectivity index (χ1n) is 10.6. The molecule has 0 amide bonds. The Bertz CT molecular complexity index is 829. The molecule has 7 nitrogen and oxygen atoms in total. The van der Waals surface area contributed by atoms with E-state index in [1.807, 2.05) is 31.8 Å². The molecule has 7 heteroatoms. The van der Waals surface area contributed by atoms with Gasteiger partial charge in [0.2, 0.25) is 0 Å². The molecule has 1 aromatic carbocycles. The molecule has 166 valence electrons. The van der Waals surface area contributed by atoms with Crippen LogP contribution >= 0.6 is 0 Å². The lowest BCUT2D eigenvalue weighted by Crippen LogP contribution is -2.39. The number of aryl methyl sites for hydroxylation is 2. The maximum Gasteiger partial charge on any atom is 0.193 e. The van der Waals surface area contributed by atoms with Crippen molar-refractivity contribution in [2.24, 2.45) is 12.0 Å². The fourth-order valence-corrected chi connectivity index (χ4v) is 3.52. The van der Waals surface area contributed by atoms with Crippen LogP contribution in [0.2, 0.25) is 0 Å². The van der Waals surface area contributed by atoms with E-state index in [1.54, 1.807) is 7.11 Å². The van der Waals surface area contributed by atoms with Gasteiger partial charge in [-0.15, -0.1) is 0 Å². The van der Waals surface area contributed by atoms with Gasteiger partial charge in [-0.3, -0.25) is 9.67 Å². The van der Waals surface area contributed by atoms with Crippen LogP contribution in [0.15, 0.2) is 29.4 Å². The summed E-state index contributed by atoms with van der Waals surface area (Å²) in [5, 5.41) is 8.07. The van der Waals surface area contributed by atoms with Crippen LogP contribution in [0.3, 0.4) is 0 Å². The largest absolute Gasteiger partial charge is 0.493 e. The van der Waals surface area contributed by atoms with E-state index in [9.17, 15) is 0 Å². The van der Waals surface area contributed by atoms with Gasteiger partial charge in [0.15, 0.2) is 17.5 Å². The molecular formula is C23H37N5O2. The molecule has 0 saturated carbocycles. The first-order chi connectivity index (χ1) is 14.4. The van der Waals surface area contributed by atoms with E-state index in [-0.39, 0.29) is 0 Å². The van der Waals surface area contributed by atoms with E-state index in [4.69, 9.17) is 9.47 Å². The number of ether oxygens (including phenoxy) is 2. The molecule has 0 atom stereocenters. The Labute approximate surface area is 181 Å². The topological polar surface area (TPSA) is 63.9 Å². The molecule has 30 heavy (non-hydrogen) atoms. The number of benzene rings is 1. The minimum absolute atomic E-state index is 0.399. The molecule has 0 spiro atoms. The van der Waals surface area contributed by atoms with Crippen LogP contribution in [0.5, 0.6) is 11.5 Å². The zero-order valence-corrected chi connectivity index (χ0v) is 19.5. The van der Waals surface area contributed by atoms with Crippen molar-refractivity contribution in [3.05, 3.63) is 41.2 Å². The van der Waals surface area contributed by atoms with E-state index < -0.39 is 0 Å². The first kappa shape index (κ1) is 23.6. The lowest BCUT2D eigenvalue weighted by atomic mass is 10.1. The standard InChI is InChI=1S/C23H37N5O2/c1-8-30-21-14-18(11-12-20(21)29-7)10-9-13-25-23(24-4)27(5)15-19-16-28(6)26-22(19)17(2)3/h11-12,14,16-17H,8-10,13,15H2,1-7H3,(H,24,25). The highest BCUT2D eigenvalue weighted by atomic mass is 16.5. The van der Waals surface area contributed by atoms with Crippen LogP contribution in [0.1, 0.15) is 49.9 Å². The third-order valence-corrected chi connectivity index (χ3v) is 4.92. The average Bonchev–Trinajstić information content (AvgIpc) is 3.08. The predicted octanol–water partition coefficient (Wildman–Crippen LogP) is 3.59. The fraction of sp³-hybridized carbons (Fsp3) is 0.565. The molecule has 0 aliphatic rings. The number of aliphatic imine (C=N–C) groups is 1. The molecule has 1 aromatic heterocycles. The minimum atomic E-state index is 0.399. The van der Waals surface area contributed by atoms with Crippen molar-refractivity contribution < 1.29 is 9.47 Å². The third-order valence-electron chi connectivity index (χ3n) is 4.92. The maximum atomic E-state index is 5.67. The molecule has 1 heterocycles. The van der Waals surface area contributed by atoms with E-state index in [0.717, 1.165) is 49.1 Å². The van der Waals surface area contributed by atoms with E-state index in [1.165, 1.54) is 11.1 Å². The van der Waals surface area contributed by atoms with Gasteiger partial charge in [0.05, 0.1) is 19.4 Å². The normalized spacial score (nSPS) is 11.7. The number of nitrogens with zero attached hydrogens (tertiary/aromatic N) is 4. The molecular weight excluding hydrogens is 378 g/mol. The van der Waals surface area contributed by atoms with Crippen molar-refractivity contribution in [3.8, 4) is 11.5 Å². The summed E-state index contributed by atoms with van der Waals surface area (Å²) in [6, 6.07) is 6.14. The Morgan fingerprint density at radius 3 is 2.70 bits per heavy atom. The van der Waals surface area contributed by atoms with Gasteiger partial charge in [0.1, 0.15) is 0 Å². The molecule has 0 saturated heterocycles. The Morgan fingerprint density at radius 2 is 2.07 bits per heavy atom. The SMILES string of the molecule is CCOc1cc(CCCNC(=NC)N(C)Cc2cn(C)nc2C(C)C)ccc1OC. The third kappa shape index (κ3) is 6.40. The van der Waals surface area contributed by atoms with E-state index in [2.05, 4.69) is 59.5 Å². The smallest absolute Gasteiger partial charge is 0.193 e. The quantitative estimate of drug-likeness (QED) is 0.365. The van der Waals surface area contributed by atoms with E-state index >= 15 is 0 Å². The lowest BCUT2D eigenvalue weighted by Gasteiger charge is -2.22. The summed E-state index contributed by atoms with van der Waals surface area (Å²) in [6.45, 7) is 8.58. The van der Waals surface area contributed by atoms with Crippen LogP contribution in [0.25, 0.3) is 0 Å². The molecule has 0 bridgehead atoms. The van der Waals surface area contributed by atoms with Crippen molar-refractivity contribution >= 4 is 5.96 Å². The van der Waals surface area contributed by atoms with E-state index in [0.29, 0.717) is 12.5 Å². The summed E-state index contributed by atoms with van der Waals surface area (Å²) in [4.78, 5) is 6.58. The lowest BCUT2D eigenvalue weighted by molar-refractivity contribution is 0.310. The maximum absolute atomic E-state index is 5.67. The highest BCUT2D eigenvalue weighted by Crippen LogP contribution is 2.28. The van der Waals surface area contributed by atoms with Crippen molar-refractivity contribution in [1.29, 1.82) is 0 Å². The van der Waals surface area contributed by atoms with Crippen molar-refractivity contribution in [2.45, 2.75) is 46.1 Å². The predicted molar refractivity (Wildman–Crippen MR) is 123 cm³/mol. The molecule has 2 aromatic rings. The number of hydrogen-bond acceptors (Lipinski definition) is 4. The second kappa shape index (κ2) is 11.5. The number of hydrogen-bond donors (Lipinski definition) is 1. The van der Waals surface area contributed by atoms with Gasteiger partial charge in [0, 0.05) is 46.0 Å². The number of methoxy groups -OCH3 is 1. The second-order valence-corrected chi connectivity index (χ2v) is 7.72. The monoisotopic (exact) mass is 415 g/mol. The molecule has 0 radical (unpaired) electrons. The summed E-state index contributed by atoms with van der Waals surface area (Å²) < 4.78 is 12.9. The van der Waals surface area contributed by atoms with Crippen LogP contribution in [-0.2, 0) is 20.0 Å². The highest BCUT2D eigenvalue weighted by Gasteiger charge is 2.15. The van der Waals surface area contributed by atoms with Crippen LogP contribution in [0, 0.1) is 0 Å². The Balaban J connectivity index is 1.88. The van der Waals surface area contributed by atoms with Gasteiger partial charge in [-0.2, -0.15) is 5.10 Å².